The van der Waals surface area contributed by atoms with Gasteiger partial charge in [0.05, 0.1) is 19.9 Å². The predicted molar refractivity (Wildman–Crippen MR) is 79.1 cm³/mol. The van der Waals surface area contributed by atoms with Gasteiger partial charge in [-0.25, -0.2) is 0 Å². The summed E-state index contributed by atoms with van der Waals surface area (Å²) in [6, 6.07) is 3.95. The molecule has 0 saturated carbocycles. The van der Waals surface area contributed by atoms with Crippen molar-refractivity contribution in [2.45, 2.75) is 20.4 Å². The average Bonchev–Trinajstić information content (AvgIpc) is 2.70. The molecule has 2 N–H and O–H groups in total. The Kier molecular flexibility index (Phi) is 3.99. The van der Waals surface area contributed by atoms with E-state index in [0.717, 1.165) is 28.1 Å². The smallest absolute Gasteiger partial charge is 0.168 e. The highest BCUT2D eigenvalue weighted by molar-refractivity contribution is 5.78. The number of aromatic nitrogens is 2. The van der Waals surface area contributed by atoms with Crippen LogP contribution in [0.2, 0.25) is 0 Å². The van der Waals surface area contributed by atoms with Crippen LogP contribution >= 0.6 is 0 Å². The van der Waals surface area contributed by atoms with Gasteiger partial charge in [0.2, 0.25) is 0 Å². The summed E-state index contributed by atoms with van der Waals surface area (Å²) in [6.45, 7) is 4.48. The lowest BCUT2D eigenvalue weighted by atomic mass is 9.99. The molecule has 5 nitrogen and oxygen atoms in total. The Morgan fingerprint density at radius 2 is 1.90 bits per heavy atom. The zero-order valence-corrected chi connectivity index (χ0v) is 12.7. The van der Waals surface area contributed by atoms with Crippen LogP contribution in [0.1, 0.15) is 17.0 Å². The first-order valence-corrected chi connectivity index (χ1v) is 6.49. The zero-order chi connectivity index (χ0) is 14.9. The molecule has 0 saturated heterocycles. The van der Waals surface area contributed by atoms with E-state index in [1.54, 1.807) is 14.2 Å². The normalized spacial score (nSPS) is 10.7. The third-order valence-electron chi connectivity index (χ3n) is 3.55. The van der Waals surface area contributed by atoms with Crippen molar-refractivity contribution in [1.29, 1.82) is 0 Å². The van der Waals surface area contributed by atoms with Gasteiger partial charge in [0, 0.05) is 30.4 Å². The Labute approximate surface area is 119 Å². The Hall–Kier alpha value is -2.01. The zero-order valence-electron chi connectivity index (χ0n) is 12.7. The number of benzene rings is 1. The van der Waals surface area contributed by atoms with E-state index in [1.165, 1.54) is 0 Å². The molecule has 0 unspecified atom stereocenters. The first-order valence-electron chi connectivity index (χ1n) is 6.49. The molecule has 2 aromatic rings. The molecule has 1 aromatic carbocycles. The highest BCUT2D eigenvalue weighted by Gasteiger charge is 2.19. The van der Waals surface area contributed by atoms with Crippen LogP contribution in [0.3, 0.4) is 0 Å². The molecule has 2 rings (SSSR count). The fourth-order valence-electron chi connectivity index (χ4n) is 2.49. The largest absolute Gasteiger partial charge is 0.493 e. The molecule has 0 aliphatic heterocycles. The second-order valence-electron chi connectivity index (χ2n) is 4.75. The fraction of sp³-hybridized carbons (Fsp3) is 0.400. The first kappa shape index (κ1) is 14.4. The van der Waals surface area contributed by atoms with Crippen molar-refractivity contribution in [1.82, 2.24) is 9.78 Å². The molecule has 5 heteroatoms. The van der Waals surface area contributed by atoms with E-state index >= 15 is 0 Å². The van der Waals surface area contributed by atoms with Gasteiger partial charge in [0.15, 0.2) is 11.5 Å². The van der Waals surface area contributed by atoms with E-state index in [4.69, 9.17) is 15.2 Å². The molecule has 0 amide bonds. The molecule has 0 spiro atoms. The first-order chi connectivity index (χ1) is 9.53. The molecule has 0 aliphatic rings. The molecule has 20 heavy (non-hydrogen) atoms. The molecule has 0 fully saturated rings. The number of rotatable bonds is 4. The van der Waals surface area contributed by atoms with Crippen molar-refractivity contribution in [3.05, 3.63) is 29.1 Å². The van der Waals surface area contributed by atoms with Crippen LogP contribution in [0.15, 0.2) is 12.1 Å². The lowest BCUT2D eigenvalue weighted by molar-refractivity contribution is 0.355. The van der Waals surface area contributed by atoms with Crippen LogP contribution in [-0.2, 0) is 13.6 Å². The van der Waals surface area contributed by atoms with Gasteiger partial charge < -0.3 is 15.2 Å². The van der Waals surface area contributed by atoms with Crippen LogP contribution in [-0.4, -0.2) is 24.0 Å². The standard InChI is InChI=1S/C15H21N3O2/c1-9-14(10(2)18(3)17-9)12-6-11(8-16)7-13(19-4)15(12)20-5/h6-7H,8,16H2,1-5H3. The van der Waals surface area contributed by atoms with Crippen molar-refractivity contribution in [2.24, 2.45) is 12.8 Å². The Morgan fingerprint density at radius 1 is 1.20 bits per heavy atom. The topological polar surface area (TPSA) is 62.3 Å². The summed E-state index contributed by atoms with van der Waals surface area (Å²) < 4.78 is 12.8. The van der Waals surface area contributed by atoms with Crippen molar-refractivity contribution < 1.29 is 9.47 Å². The van der Waals surface area contributed by atoms with Gasteiger partial charge in [-0.15, -0.1) is 0 Å². The second kappa shape index (κ2) is 5.54. The monoisotopic (exact) mass is 275 g/mol. The van der Waals surface area contributed by atoms with Gasteiger partial charge in [0.25, 0.3) is 0 Å². The summed E-state index contributed by atoms with van der Waals surface area (Å²) in [5.41, 5.74) is 10.9. The minimum atomic E-state index is 0.450. The van der Waals surface area contributed by atoms with Crippen LogP contribution in [0.25, 0.3) is 11.1 Å². The van der Waals surface area contributed by atoms with Gasteiger partial charge in [-0.2, -0.15) is 5.10 Å². The molecule has 1 heterocycles. The van der Waals surface area contributed by atoms with E-state index in [0.29, 0.717) is 18.0 Å². The molecule has 0 radical (unpaired) electrons. The maximum atomic E-state index is 5.78. The predicted octanol–water partition coefficient (Wildman–Crippen LogP) is 2.18. The van der Waals surface area contributed by atoms with Crippen LogP contribution in [0.5, 0.6) is 11.5 Å². The molecule has 0 atom stereocenters. The lowest BCUT2D eigenvalue weighted by Gasteiger charge is -2.15. The number of nitrogens with two attached hydrogens (primary N) is 1. The number of nitrogens with zero attached hydrogens (tertiary/aromatic N) is 2. The number of hydrogen-bond acceptors (Lipinski definition) is 4. The molecule has 0 aliphatic carbocycles. The quantitative estimate of drug-likeness (QED) is 0.929. The van der Waals surface area contributed by atoms with Gasteiger partial charge in [-0.05, 0) is 31.5 Å². The lowest BCUT2D eigenvalue weighted by Crippen LogP contribution is -2.01. The Balaban J connectivity index is 2.77. The minimum absolute atomic E-state index is 0.450. The van der Waals surface area contributed by atoms with E-state index in [2.05, 4.69) is 5.10 Å². The van der Waals surface area contributed by atoms with Crippen molar-refractivity contribution in [3.8, 4) is 22.6 Å². The number of hydrogen-bond donors (Lipinski definition) is 1. The average molecular weight is 275 g/mol. The summed E-state index contributed by atoms with van der Waals surface area (Å²) in [5.74, 6) is 1.40. The third-order valence-corrected chi connectivity index (χ3v) is 3.55. The van der Waals surface area contributed by atoms with Gasteiger partial charge in [0.1, 0.15) is 0 Å². The fourth-order valence-corrected chi connectivity index (χ4v) is 2.49. The SMILES string of the molecule is COc1cc(CN)cc(-c2c(C)nn(C)c2C)c1OC. The maximum Gasteiger partial charge on any atom is 0.168 e. The van der Waals surface area contributed by atoms with Crippen LogP contribution < -0.4 is 15.2 Å². The molecule has 1 aromatic heterocycles. The summed E-state index contributed by atoms with van der Waals surface area (Å²) in [5, 5.41) is 4.46. The van der Waals surface area contributed by atoms with E-state index in [-0.39, 0.29) is 0 Å². The summed E-state index contributed by atoms with van der Waals surface area (Å²) in [6.07, 6.45) is 0. The molecule has 108 valence electrons. The maximum absolute atomic E-state index is 5.78. The van der Waals surface area contributed by atoms with Gasteiger partial charge in [-0.3, -0.25) is 4.68 Å². The van der Waals surface area contributed by atoms with Crippen molar-refractivity contribution >= 4 is 0 Å². The molecule has 0 bridgehead atoms. The summed E-state index contributed by atoms with van der Waals surface area (Å²) in [7, 11) is 5.21. The minimum Gasteiger partial charge on any atom is -0.493 e. The van der Waals surface area contributed by atoms with Crippen molar-refractivity contribution in [2.75, 3.05) is 14.2 Å². The number of aryl methyl sites for hydroxylation is 2. The highest BCUT2D eigenvalue weighted by atomic mass is 16.5. The van der Waals surface area contributed by atoms with Crippen LogP contribution in [0, 0.1) is 13.8 Å². The van der Waals surface area contributed by atoms with Crippen LogP contribution in [0.4, 0.5) is 0 Å². The summed E-state index contributed by atoms with van der Waals surface area (Å²) >= 11 is 0. The van der Waals surface area contributed by atoms with E-state index < -0.39 is 0 Å². The molecular formula is C15H21N3O2. The highest BCUT2D eigenvalue weighted by Crippen LogP contribution is 2.41. The van der Waals surface area contributed by atoms with Crippen molar-refractivity contribution in [3.63, 3.8) is 0 Å². The Morgan fingerprint density at radius 3 is 2.35 bits per heavy atom. The number of ether oxygens (including phenoxy) is 2. The van der Waals surface area contributed by atoms with Gasteiger partial charge in [-0.1, -0.05) is 0 Å². The van der Waals surface area contributed by atoms with E-state index in [1.807, 2.05) is 37.7 Å². The second-order valence-corrected chi connectivity index (χ2v) is 4.75. The third kappa shape index (κ3) is 2.25. The Bertz CT molecular complexity index is 633. The van der Waals surface area contributed by atoms with Gasteiger partial charge >= 0.3 is 0 Å². The van der Waals surface area contributed by atoms with E-state index in [9.17, 15) is 0 Å². The number of methoxy groups -OCH3 is 2. The summed E-state index contributed by atoms with van der Waals surface area (Å²) in [4.78, 5) is 0. The molecular weight excluding hydrogens is 254 g/mol.